The van der Waals surface area contributed by atoms with Crippen molar-refractivity contribution >= 4 is 11.8 Å². The minimum Gasteiger partial charge on any atom is -0.317 e. The van der Waals surface area contributed by atoms with Gasteiger partial charge in [0.15, 0.2) is 0 Å². The van der Waals surface area contributed by atoms with Crippen LogP contribution in [0.25, 0.3) is 0 Å². The second-order valence-electron chi connectivity index (χ2n) is 5.71. The molecule has 0 aliphatic carbocycles. The van der Waals surface area contributed by atoms with E-state index >= 15 is 0 Å². The van der Waals surface area contributed by atoms with Crippen molar-refractivity contribution in [2.75, 3.05) is 13.1 Å². The summed E-state index contributed by atoms with van der Waals surface area (Å²) in [4.78, 5) is 1.38. The van der Waals surface area contributed by atoms with Gasteiger partial charge in [0.2, 0.25) is 0 Å². The summed E-state index contributed by atoms with van der Waals surface area (Å²) >= 11 is 1.32. The van der Waals surface area contributed by atoms with Crippen LogP contribution >= 0.6 is 11.8 Å². The van der Waals surface area contributed by atoms with E-state index in [0.29, 0.717) is 4.90 Å². The van der Waals surface area contributed by atoms with Crippen LogP contribution in [0.5, 0.6) is 0 Å². The second kappa shape index (κ2) is 6.80. The average molecular weight is 319 g/mol. The number of hydrogen-bond donors (Lipinski definition) is 1. The summed E-state index contributed by atoms with van der Waals surface area (Å²) in [5, 5.41) is 3.30. The van der Waals surface area contributed by atoms with Crippen LogP contribution < -0.4 is 5.32 Å². The highest BCUT2D eigenvalue weighted by molar-refractivity contribution is 7.99. The predicted molar refractivity (Wildman–Crippen MR) is 86.5 cm³/mol. The Kier molecular flexibility index (Phi) is 4.79. The van der Waals surface area contributed by atoms with E-state index < -0.39 is 0 Å². The largest absolute Gasteiger partial charge is 0.317 e. The summed E-state index contributed by atoms with van der Waals surface area (Å²) in [6.45, 7) is 3.67. The molecule has 1 nitrogen and oxygen atoms in total. The quantitative estimate of drug-likeness (QED) is 0.864. The van der Waals surface area contributed by atoms with Gasteiger partial charge < -0.3 is 5.32 Å². The average Bonchev–Trinajstić information content (AvgIpc) is 2.51. The maximum absolute atomic E-state index is 14.4. The Labute approximate surface area is 134 Å². The standard InChI is InChI=1S/C18H19F2NS/c1-12-5-6-16(15(20)11-12)22-17-4-2-3-14(19)18(17)13-7-9-21-10-8-13/h2-6,11,13,21H,7-10H2,1H3. The first-order valence-electron chi connectivity index (χ1n) is 7.58. The molecule has 3 rings (SSSR count). The number of hydrogen-bond acceptors (Lipinski definition) is 2. The molecule has 1 N–H and O–H groups in total. The molecule has 1 aliphatic heterocycles. The van der Waals surface area contributed by atoms with Gasteiger partial charge in [-0.2, -0.15) is 0 Å². The minimum absolute atomic E-state index is 0.176. The topological polar surface area (TPSA) is 12.0 Å². The van der Waals surface area contributed by atoms with Crippen LogP contribution in [0.15, 0.2) is 46.2 Å². The van der Waals surface area contributed by atoms with E-state index in [-0.39, 0.29) is 17.6 Å². The smallest absolute Gasteiger partial charge is 0.137 e. The third-order valence-corrected chi connectivity index (χ3v) is 5.19. The molecule has 1 aliphatic rings. The van der Waals surface area contributed by atoms with Crippen LogP contribution in [-0.2, 0) is 0 Å². The molecule has 0 amide bonds. The lowest BCUT2D eigenvalue weighted by molar-refractivity contribution is 0.439. The monoisotopic (exact) mass is 319 g/mol. The van der Waals surface area contributed by atoms with Crippen LogP contribution in [0.3, 0.4) is 0 Å². The Morgan fingerprint density at radius 3 is 2.50 bits per heavy atom. The molecule has 0 aromatic heterocycles. The molecule has 4 heteroatoms. The Bertz CT molecular complexity index is 666. The predicted octanol–water partition coefficient (Wildman–Crippen LogP) is 4.89. The van der Waals surface area contributed by atoms with Gasteiger partial charge in [-0.05, 0) is 68.6 Å². The van der Waals surface area contributed by atoms with Crippen LogP contribution in [0.2, 0.25) is 0 Å². The zero-order valence-electron chi connectivity index (χ0n) is 12.5. The Hall–Kier alpha value is -1.39. The van der Waals surface area contributed by atoms with E-state index in [1.165, 1.54) is 23.9 Å². The first-order chi connectivity index (χ1) is 10.6. The zero-order valence-corrected chi connectivity index (χ0v) is 13.4. The van der Waals surface area contributed by atoms with Crippen molar-refractivity contribution in [2.45, 2.75) is 35.5 Å². The van der Waals surface area contributed by atoms with Gasteiger partial charge in [-0.15, -0.1) is 0 Å². The van der Waals surface area contributed by atoms with Gasteiger partial charge in [0, 0.05) is 15.4 Å². The molecule has 0 unspecified atom stereocenters. The SMILES string of the molecule is Cc1ccc(Sc2cccc(F)c2C2CCNCC2)c(F)c1. The summed E-state index contributed by atoms with van der Waals surface area (Å²) in [5.41, 5.74) is 1.63. The van der Waals surface area contributed by atoms with Crippen LogP contribution in [-0.4, -0.2) is 13.1 Å². The molecule has 1 saturated heterocycles. The molecule has 0 saturated carbocycles. The third kappa shape index (κ3) is 3.33. The summed E-state index contributed by atoms with van der Waals surface area (Å²) in [6.07, 6.45) is 1.84. The van der Waals surface area contributed by atoms with Gasteiger partial charge in [-0.3, -0.25) is 0 Å². The van der Waals surface area contributed by atoms with E-state index in [0.717, 1.165) is 42.0 Å². The molecule has 2 aromatic carbocycles. The minimum atomic E-state index is -0.245. The molecule has 22 heavy (non-hydrogen) atoms. The van der Waals surface area contributed by atoms with E-state index in [4.69, 9.17) is 0 Å². The van der Waals surface area contributed by atoms with Gasteiger partial charge in [0.1, 0.15) is 11.6 Å². The fourth-order valence-electron chi connectivity index (χ4n) is 2.92. The highest BCUT2D eigenvalue weighted by atomic mass is 32.2. The van der Waals surface area contributed by atoms with Crippen molar-refractivity contribution in [3.63, 3.8) is 0 Å². The highest BCUT2D eigenvalue weighted by Gasteiger charge is 2.22. The van der Waals surface area contributed by atoms with Gasteiger partial charge >= 0.3 is 0 Å². The number of halogens is 2. The van der Waals surface area contributed by atoms with Crippen molar-refractivity contribution in [3.05, 3.63) is 59.2 Å². The molecule has 0 radical (unpaired) electrons. The van der Waals surface area contributed by atoms with E-state index in [1.807, 2.05) is 19.1 Å². The van der Waals surface area contributed by atoms with Gasteiger partial charge in [-0.1, -0.05) is 23.9 Å². The maximum atomic E-state index is 14.4. The van der Waals surface area contributed by atoms with Crippen molar-refractivity contribution in [2.24, 2.45) is 0 Å². The molecular formula is C18H19F2NS. The lowest BCUT2D eigenvalue weighted by Crippen LogP contribution is -2.27. The molecule has 0 bridgehead atoms. The highest BCUT2D eigenvalue weighted by Crippen LogP contribution is 2.39. The lowest BCUT2D eigenvalue weighted by Gasteiger charge is -2.25. The Morgan fingerprint density at radius 1 is 1.00 bits per heavy atom. The summed E-state index contributed by atoms with van der Waals surface area (Å²) in [7, 11) is 0. The molecule has 2 aromatic rings. The molecule has 0 atom stereocenters. The van der Waals surface area contributed by atoms with Crippen LogP contribution in [0.4, 0.5) is 8.78 Å². The first-order valence-corrected chi connectivity index (χ1v) is 8.40. The van der Waals surface area contributed by atoms with Gasteiger partial charge in [0.05, 0.1) is 0 Å². The van der Waals surface area contributed by atoms with E-state index in [1.54, 1.807) is 12.1 Å². The molecule has 0 spiro atoms. The number of nitrogens with one attached hydrogen (secondary N) is 1. The Balaban J connectivity index is 1.94. The molecular weight excluding hydrogens is 300 g/mol. The van der Waals surface area contributed by atoms with Gasteiger partial charge in [-0.25, -0.2) is 8.78 Å². The van der Waals surface area contributed by atoms with E-state index in [9.17, 15) is 8.78 Å². The van der Waals surface area contributed by atoms with Gasteiger partial charge in [0.25, 0.3) is 0 Å². The fraction of sp³-hybridized carbons (Fsp3) is 0.333. The van der Waals surface area contributed by atoms with Crippen molar-refractivity contribution < 1.29 is 8.78 Å². The summed E-state index contributed by atoms with van der Waals surface area (Å²) < 4.78 is 28.5. The van der Waals surface area contributed by atoms with Crippen molar-refractivity contribution in [1.29, 1.82) is 0 Å². The molecule has 1 heterocycles. The molecule has 1 fully saturated rings. The van der Waals surface area contributed by atoms with Crippen molar-refractivity contribution in [3.8, 4) is 0 Å². The fourth-order valence-corrected chi connectivity index (χ4v) is 3.97. The zero-order chi connectivity index (χ0) is 15.5. The lowest BCUT2D eigenvalue weighted by atomic mass is 9.90. The number of aryl methyl sites for hydroxylation is 1. The number of rotatable bonds is 3. The second-order valence-corrected chi connectivity index (χ2v) is 6.80. The Morgan fingerprint density at radius 2 is 1.77 bits per heavy atom. The third-order valence-electron chi connectivity index (χ3n) is 4.07. The number of piperidine rings is 1. The first kappa shape index (κ1) is 15.5. The van der Waals surface area contributed by atoms with E-state index in [2.05, 4.69) is 5.32 Å². The number of benzene rings is 2. The summed E-state index contributed by atoms with van der Waals surface area (Å²) in [6, 6.07) is 10.3. The maximum Gasteiger partial charge on any atom is 0.137 e. The van der Waals surface area contributed by atoms with Crippen LogP contribution in [0.1, 0.15) is 29.9 Å². The summed E-state index contributed by atoms with van der Waals surface area (Å²) in [5.74, 6) is -0.214. The molecule has 116 valence electrons. The van der Waals surface area contributed by atoms with Crippen LogP contribution in [0, 0.1) is 18.6 Å². The normalized spacial score (nSPS) is 16.0. The van der Waals surface area contributed by atoms with Crippen molar-refractivity contribution in [1.82, 2.24) is 5.32 Å².